The van der Waals surface area contributed by atoms with Crippen LogP contribution in [-0.4, -0.2) is 21.7 Å². The Hall–Kier alpha value is -3.48. The molecule has 0 spiro atoms. The highest BCUT2D eigenvalue weighted by Gasteiger charge is 2.13. The smallest absolute Gasteiger partial charge is 0.275 e. The largest absolute Gasteiger partial charge is 0.543 e. The van der Waals surface area contributed by atoms with E-state index in [2.05, 4.69) is 17.3 Å². The summed E-state index contributed by atoms with van der Waals surface area (Å²) in [6.45, 7) is 1.73. The summed E-state index contributed by atoms with van der Waals surface area (Å²) in [4.78, 5) is 36.3. The number of carbonyl (C=O) groups excluding carboxylic acids is 2. The number of unbranched alkanes of at least 4 members (excludes halogenated alkanes) is 1. The minimum Gasteiger partial charge on any atom is -0.543 e. The number of anilines is 1. The van der Waals surface area contributed by atoms with Crippen LogP contribution in [0.5, 0.6) is 0 Å². The number of amides is 1. The van der Waals surface area contributed by atoms with Crippen molar-refractivity contribution < 1.29 is 14.7 Å². The summed E-state index contributed by atoms with van der Waals surface area (Å²) in [5.74, 6) is -1.98. The van der Waals surface area contributed by atoms with Gasteiger partial charge < -0.3 is 15.2 Å². The minimum atomic E-state index is -1.51. The number of aryl methyl sites for hydroxylation is 1. The lowest BCUT2D eigenvalue weighted by Crippen LogP contribution is -2.34. The van der Waals surface area contributed by atoms with E-state index in [0.29, 0.717) is 5.69 Å². The highest BCUT2D eigenvalue weighted by molar-refractivity contribution is 6.00. The van der Waals surface area contributed by atoms with Crippen LogP contribution < -0.4 is 16.0 Å². The Bertz CT molecular complexity index is 1070. The van der Waals surface area contributed by atoms with E-state index in [1.807, 2.05) is 12.1 Å². The highest BCUT2D eigenvalue weighted by atomic mass is 16.4. The van der Waals surface area contributed by atoms with Gasteiger partial charge in [0.15, 0.2) is 0 Å². The molecule has 3 aromatic rings. The zero-order valence-electron chi connectivity index (χ0n) is 15.5. The molecule has 0 saturated heterocycles. The summed E-state index contributed by atoms with van der Waals surface area (Å²) >= 11 is 0. The summed E-state index contributed by atoms with van der Waals surface area (Å²) in [5, 5.41) is 18.2. The van der Waals surface area contributed by atoms with Gasteiger partial charge in [0.2, 0.25) is 5.91 Å². The Morgan fingerprint density at radius 1 is 1.07 bits per heavy atom. The predicted molar refractivity (Wildman–Crippen MR) is 104 cm³/mol. The molecule has 28 heavy (non-hydrogen) atoms. The maximum atomic E-state index is 12.5. The van der Waals surface area contributed by atoms with Gasteiger partial charge in [-0.15, -0.1) is 0 Å². The van der Waals surface area contributed by atoms with E-state index in [9.17, 15) is 19.5 Å². The van der Waals surface area contributed by atoms with E-state index in [4.69, 9.17) is 0 Å². The molecule has 0 bridgehead atoms. The molecule has 1 heterocycles. The highest BCUT2D eigenvalue weighted by Crippen LogP contribution is 2.14. The molecule has 0 aliphatic heterocycles. The number of rotatable bonds is 7. The molecular weight excluding hydrogens is 358 g/mol. The first-order valence-corrected chi connectivity index (χ1v) is 9.09. The van der Waals surface area contributed by atoms with Gasteiger partial charge in [0.1, 0.15) is 12.2 Å². The number of fused-ring (bicyclic) bond motifs is 1. The van der Waals surface area contributed by atoms with E-state index >= 15 is 0 Å². The van der Waals surface area contributed by atoms with Gasteiger partial charge in [0.25, 0.3) is 5.56 Å². The Labute approximate surface area is 161 Å². The van der Waals surface area contributed by atoms with Crippen molar-refractivity contribution in [3.8, 4) is 0 Å². The van der Waals surface area contributed by atoms with Crippen LogP contribution in [-0.2, 0) is 17.8 Å². The number of aromatic carboxylic acids is 1. The number of carboxylic acid groups (broad SMARTS) is 1. The van der Waals surface area contributed by atoms with Crippen LogP contribution in [0.1, 0.15) is 35.8 Å². The number of hydrogen-bond donors (Lipinski definition) is 1. The Morgan fingerprint density at radius 3 is 2.39 bits per heavy atom. The third-order valence-electron chi connectivity index (χ3n) is 4.41. The Morgan fingerprint density at radius 2 is 1.75 bits per heavy atom. The van der Waals surface area contributed by atoms with Crippen molar-refractivity contribution in [3.05, 3.63) is 70.1 Å². The molecule has 0 aliphatic carbocycles. The van der Waals surface area contributed by atoms with E-state index in [1.54, 1.807) is 24.3 Å². The van der Waals surface area contributed by atoms with Crippen molar-refractivity contribution >= 4 is 28.3 Å². The lowest BCUT2D eigenvalue weighted by Gasteiger charge is -2.12. The minimum absolute atomic E-state index is 0.171. The van der Waals surface area contributed by atoms with Gasteiger partial charge in [-0.25, -0.2) is 4.68 Å². The monoisotopic (exact) mass is 378 g/mol. The average Bonchev–Trinajstić information content (AvgIpc) is 2.69. The maximum absolute atomic E-state index is 12.5. The van der Waals surface area contributed by atoms with E-state index in [0.717, 1.165) is 23.9 Å². The lowest BCUT2D eigenvalue weighted by atomic mass is 10.1. The summed E-state index contributed by atoms with van der Waals surface area (Å²) in [7, 11) is 0. The number of hydrogen-bond acceptors (Lipinski definition) is 5. The third-order valence-corrected chi connectivity index (χ3v) is 4.41. The molecule has 0 saturated carbocycles. The fourth-order valence-corrected chi connectivity index (χ4v) is 2.97. The number of benzene rings is 2. The second-order valence-corrected chi connectivity index (χ2v) is 6.49. The van der Waals surface area contributed by atoms with Crippen LogP contribution in [0.15, 0.2) is 53.3 Å². The van der Waals surface area contributed by atoms with Crippen molar-refractivity contribution in [3.63, 3.8) is 0 Å². The van der Waals surface area contributed by atoms with Crippen LogP contribution >= 0.6 is 0 Å². The molecule has 0 fully saturated rings. The van der Waals surface area contributed by atoms with Gasteiger partial charge in [-0.2, -0.15) is 5.10 Å². The summed E-state index contributed by atoms with van der Waals surface area (Å²) in [6.07, 6.45) is 3.19. The fourth-order valence-electron chi connectivity index (χ4n) is 2.97. The lowest BCUT2D eigenvalue weighted by molar-refractivity contribution is -0.255. The standard InChI is InChI=1S/C21H21N3O4/c1-2-3-6-14-9-11-15(12-10-14)22-18(25)13-24-20(26)17-8-5-4-7-16(17)19(23-24)21(27)28/h4-5,7-12H,2-3,6,13H2,1H3,(H,22,25)(H,27,28)/p-1. The predicted octanol–water partition coefficient (Wildman–Crippen LogP) is 1.74. The molecule has 3 rings (SSSR count). The zero-order chi connectivity index (χ0) is 20.1. The van der Waals surface area contributed by atoms with E-state index in [1.165, 1.54) is 17.7 Å². The van der Waals surface area contributed by atoms with Crippen LogP contribution in [0.2, 0.25) is 0 Å². The van der Waals surface area contributed by atoms with Crippen LogP contribution in [0.25, 0.3) is 10.8 Å². The van der Waals surface area contributed by atoms with Gasteiger partial charge in [0.05, 0.1) is 11.4 Å². The van der Waals surface area contributed by atoms with Crippen molar-refractivity contribution in [1.29, 1.82) is 0 Å². The van der Waals surface area contributed by atoms with Crippen LogP contribution in [0.4, 0.5) is 5.69 Å². The molecule has 0 unspecified atom stereocenters. The van der Waals surface area contributed by atoms with Crippen molar-refractivity contribution in [2.24, 2.45) is 0 Å². The molecular formula is C21H20N3O4-. The molecule has 7 heteroatoms. The molecule has 2 aromatic carbocycles. The van der Waals surface area contributed by atoms with Gasteiger partial charge in [-0.05, 0) is 36.6 Å². The second kappa shape index (κ2) is 8.47. The SMILES string of the molecule is CCCCc1ccc(NC(=O)Cn2nc(C(=O)[O-])c3ccccc3c2=O)cc1. The number of aromatic nitrogens is 2. The first-order chi connectivity index (χ1) is 13.5. The average molecular weight is 378 g/mol. The maximum Gasteiger partial charge on any atom is 0.275 e. The third kappa shape index (κ3) is 4.25. The van der Waals surface area contributed by atoms with Crippen molar-refractivity contribution in [2.75, 3.05) is 5.32 Å². The fraction of sp³-hybridized carbons (Fsp3) is 0.238. The number of carboxylic acids is 1. The molecule has 1 amide bonds. The van der Waals surface area contributed by atoms with Crippen molar-refractivity contribution in [2.45, 2.75) is 32.7 Å². The van der Waals surface area contributed by atoms with Gasteiger partial charge >= 0.3 is 0 Å². The molecule has 144 valence electrons. The molecule has 0 aliphatic rings. The summed E-state index contributed by atoms with van der Waals surface area (Å²) in [6, 6.07) is 13.7. The number of nitrogens with zero attached hydrogens (tertiary/aromatic N) is 2. The number of nitrogens with one attached hydrogen (secondary N) is 1. The molecule has 1 aromatic heterocycles. The zero-order valence-corrected chi connectivity index (χ0v) is 15.5. The number of carbonyl (C=O) groups is 2. The molecule has 1 N–H and O–H groups in total. The second-order valence-electron chi connectivity index (χ2n) is 6.49. The van der Waals surface area contributed by atoms with Crippen LogP contribution in [0, 0.1) is 0 Å². The first kappa shape index (κ1) is 19.3. The van der Waals surface area contributed by atoms with Gasteiger partial charge in [-0.1, -0.05) is 43.7 Å². The van der Waals surface area contributed by atoms with Gasteiger partial charge in [0, 0.05) is 11.1 Å². The van der Waals surface area contributed by atoms with Crippen LogP contribution in [0.3, 0.4) is 0 Å². The topological polar surface area (TPSA) is 104 Å². The molecule has 0 atom stereocenters. The summed E-state index contributed by atoms with van der Waals surface area (Å²) < 4.78 is 0.846. The van der Waals surface area contributed by atoms with E-state index in [-0.39, 0.29) is 16.5 Å². The molecule has 7 nitrogen and oxygen atoms in total. The normalized spacial score (nSPS) is 10.8. The van der Waals surface area contributed by atoms with E-state index < -0.39 is 24.0 Å². The quantitative estimate of drug-likeness (QED) is 0.674. The van der Waals surface area contributed by atoms with Gasteiger partial charge in [-0.3, -0.25) is 9.59 Å². The Kier molecular flexibility index (Phi) is 5.84. The summed E-state index contributed by atoms with van der Waals surface area (Å²) in [5.41, 5.74) is 0.874. The Balaban J connectivity index is 1.80. The first-order valence-electron chi connectivity index (χ1n) is 9.09. The molecule has 0 radical (unpaired) electrons. The van der Waals surface area contributed by atoms with Crippen molar-refractivity contribution in [1.82, 2.24) is 9.78 Å².